The van der Waals surface area contributed by atoms with Crippen molar-refractivity contribution in [1.82, 2.24) is 4.90 Å². The van der Waals surface area contributed by atoms with Gasteiger partial charge in [-0.05, 0) is 6.92 Å². The molecule has 3 N–H and O–H groups in total. The van der Waals surface area contributed by atoms with Crippen LogP contribution in [0.2, 0.25) is 0 Å². The first kappa shape index (κ1) is 12.9. The molecule has 0 aromatic rings. The van der Waals surface area contributed by atoms with E-state index in [1.165, 1.54) is 12.0 Å². The van der Waals surface area contributed by atoms with Gasteiger partial charge in [-0.15, -0.1) is 0 Å². The van der Waals surface area contributed by atoms with Gasteiger partial charge in [-0.25, -0.2) is 0 Å². The maximum Gasteiger partial charge on any atom is 0.317 e. The van der Waals surface area contributed by atoms with E-state index in [0.717, 1.165) is 0 Å². The van der Waals surface area contributed by atoms with Crippen LogP contribution in [0.1, 0.15) is 6.92 Å². The predicted octanol–water partition coefficient (Wildman–Crippen LogP) is -1.11. The summed E-state index contributed by atoms with van der Waals surface area (Å²) in [5.74, 6) is -1.54. The minimum absolute atomic E-state index is 0.0694. The molecule has 0 aromatic carbocycles. The smallest absolute Gasteiger partial charge is 0.317 e. The minimum atomic E-state index is -0.991. The van der Waals surface area contributed by atoms with E-state index in [1.807, 2.05) is 0 Å². The molecule has 82 valence electrons. The molecule has 0 fully saturated rings. The van der Waals surface area contributed by atoms with Crippen LogP contribution in [0.15, 0.2) is 0 Å². The van der Waals surface area contributed by atoms with Gasteiger partial charge in [0.1, 0.15) is 0 Å². The number of aliphatic carboxylic acids is 1. The highest BCUT2D eigenvalue weighted by Gasteiger charge is 2.14. The Morgan fingerprint density at radius 3 is 2.43 bits per heavy atom. The first-order chi connectivity index (χ1) is 6.45. The van der Waals surface area contributed by atoms with E-state index in [-0.39, 0.29) is 19.2 Å². The number of carboxylic acid groups (broad SMARTS) is 1. The van der Waals surface area contributed by atoms with E-state index in [1.54, 1.807) is 6.92 Å². The van der Waals surface area contributed by atoms with Gasteiger partial charge < -0.3 is 15.6 Å². The monoisotopic (exact) mass is 204 g/mol. The number of ether oxygens (including phenoxy) is 1. The number of carbonyl (C=O) groups is 2. The largest absolute Gasteiger partial charge is 0.480 e. The minimum Gasteiger partial charge on any atom is -0.480 e. The summed E-state index contributed by atoms with van der Waals surface area (Å²) in [4.78, 5) is 22.5. The van der Waals surface area contributed by atoms with Gasteiger partial charge in [0.2, 0.25) is 5.91 Å². The summed E-state index contributed by atoms with van der Waals surface area (Å²) in [5, 5.41) is 8.55. The molecule has 0 heterocycles. The fourth-order valence-electron chi connectivity index (χ4n) is 1.03. The summed E-state index contributed by atoms with van der Waals surface area (Å²) < 4.78 is 4.96. The fourth-order valence-corrected chi connectivity index (χ4v) is 1.03. The highest BCUT2D eigenvalue weighted by atomic mass is 16.5. The Morgan fingerprint density at radius 2 is 2.07 bits per heavy atom. The summed E-state index contributed by atoms with van der Waals surface area (Å²) >= 11 is 0. The lowest BCUT2D eigenvalue weighted by atomic mass is 10.3. The number of carbonyl (C=O) groups excluding carboxylic acids is 1. The summed E-state index contributed by atoms with van der Waals surface area (Å²) in [7, 11) is 1.52. The van der Waals surface area contributed by atoms with Crippen molar-refractivity contribution in [3.63, 3.8) is 0 Å². The number of amides is 1. The molecular formula is C8H16N2O4. The normalized spacial score (nSPS) is 12.8. The number of methoxy groups -OCH3 is 1. The van der Waals surface area contributed by atoms with Gasteiger partial charge in [-0.3, -0.25) is 14.5 Å². The number of nitrogens with two attached hydrogens (primary N) is 1. The number of hydrogen-bond donors (Lipinski definition) is 2. The Labute approximate surface area is 82.6 Å². The molecule has 0 bridgehead atoms. The van der Waals surface area contributed by atoms with Gasteiger partial charge in [-0.1, -0.05) is 0 Å². The molecular weight excluding hydrogens is 188 g/mol. The molecule has 0 saturated carbocycles. The van der Waals surface area contributed by atoms with Gasteiger partial charge in [0.25, 0.3) is 0 Å². The van der Waals surface area contributed by atoms with E-state index in [2.05, 4.69) is 0 Å². The highest BCUT2D eigenvalue weighted by Crippen LogP contribution is 1.95. The molecule has 0 saturated heterocycles. The molecule has 0 aromatic heterocycles. The number of hydrogen-bond acceptors (Lipinski definition) is 4. The lowest BCUT2D eigenvalue weighted by Gasteiger charge is -2.21. The summed E-state index contributed by atoms with van der Waals surface area (Å²) in [6.45, 7) is 1.87. The van der Waals surface area contributed by atoms with E-state index < -0.39 is 11.9 Å². The van der Waals surface area contributed by atoms with Crippen LogP contribution < -0.4 is 5.73 Å². The molecule has 0 aliphatic carbocycles. The quantitative estimate of drug-likeness (QED) is 0.548. The van der Waals surface area contributed by atoms with Gasteiger partial charge in [0.05, 0.1) is 19.2 Å². The molecule has 6 nitrogen and oxygen atoms in total. The van der Waals surface area contributed by atoms with Crippen molar-refractivity contribution in [2.24, 2.45) is 5.73 Å². The van der Waals surface area contributed by atoms with Crippen molar-refractivity contribution in [3.8, 4) is 0 Å². The number of rotatable bonds is 7. The lowest BCUT2D eigenvalue weighted by Crippen LogP contribution is -2.41. The molecule has 6 heteroatoms. The molecule has 1 atom stereocenters. The van der Waals surface area contributed by atoms with Crippen molar-refractivity contribution in [3.05, 3.63) is 0 Å². The van der Waals surface area contributed by atoms with Crippen LogP contribution in [0.4, 0.5) is 0 Å². The van der Waals surface area contributed by atoms with E-state index >= 15 is 0 Å². The second-order valence-electron chi connectivity index (χ2n) is 3.08. The van der Waals surface area contributed by atoms with Crippen LogP contribution in [0.25, 0.3) is 0 Å². The number of nitrogens with zero attached hydrogens (tertiary/aromatic N) is 1. The molecule has 1 unspecified atom stereocenters. The molecule has 0 rings (SSSR count). The van der Waals surface area contributed by atoms with Crippen LogP contribution in [0.5, 0.6) is 0 Å². The third kappa shape index (κ3) is 6.38. The third-order valence-electron chi connectivity index (χ3n) is 1.66. The van der Waals surface area contributed by atoms with E-state index in [0.29, 0.717) is 6.54 Å². The molecule has 0 spiro atoms. The number of carboxylic acids is 1. The second kappa shape index (κ2) is 6.33. The van der Waals surface area contributed by atoms with Crippen molar-refractivity contribution in [2.75, 3.05) is 26.7 Å². The fraction of sp³-hybridized carbons (Fsp3) is 0.750. The molecule has 0 aliphatic rings. The average Bonchev–Trinajstić information content (AvgIpc) is 2.01. The SMILES string of the molecule is COC(C)CN(CC(N)=O)CC(=O)O. The van der Waals surface area contributed by atoms with Crippen LogP contribution in [0.3, 0.4) is 0 Å². The second-order valence-corrected chi connectivity index (χ2v) is 3.08. The van der Waals surface area contributed by atoms with Crippen LogP contribution >= 0.6 is 0 Å². The van der Waals surface area contributed by atoms with Crippen LogP contribution in [-0.4, -0.2) is 54.7 Å². The molecule has 0 radical (unpaired) electrons. The first-order valence-corrected chi connectivity index (χ1v) is 4.21. The Hall–Kier alpha value is -1.14. The maximum atomic E-state index is 10.6. The number of primary amides is 1. The first-order valence-electron chi connectivity index (χ1n) is 4.21. The van der Waals surface area contributed by atoms with Crippen molar-refractivity contribution < 1.29 is 19.4 Å². The molecule has 14 heavy (non-hydrogen) atoms. The zero-order valence-corrected chi connectivity index (χ0v) is 8.40. The summed E-state index contributed by atoms with van der Waals surface area (Å²) in [6, 6.07) is 0. The average molecular weight is 204 g/mol. The maximum absolute atomic E-state index is 10.6. The Kier molecular flexibility index (Phi) is 5.82. The standard InChI is InChI=1S/C8H16N2O4/c1-6(14-2)3-10(4-7(9)11)5-8(12)13/h6H,3-5H2,1-2H3,(H2,9,11)(H,12,13). The van der Waals surface area contributed by atoms with Crippen molar-refractivity contribution >= 4 is 11.9 Å². The molecule has 1 amide bonds. The lowest BCUT2D eigenvalue weighted by molar-refractivity contribution is -0.139. The summed E-state index contributed by atoms with van der Waals surface area (Å²) in [6.07, 6.45) is -0.131. The zero-order valence-electron chi connectivity index (χ0n) is 8.40. The van der Waals surface area contributed by atoms with Gasteiger partial charge in [0, 0.05) is 13.7 Å². The predicted molar refractivity (Wildman–Crippen MR) is 49.7 cm³/mol. The Morgan fingerprint density at radius 1 is 1.50 bits per heavy atom. The Balaban J connectivity index is 4.09. The zero-order chi connectivity index (χ0) is 11.1. The van der Waals surface area contributed by atoms with Crippen LogP contribution in [-0.2, 0) is 14.3 Å². The van der Waals surface area contributed by atoms with Gasteiger partial charge in [-0.2, -0.15) is 0 Å². The van der Waals surface area contributed by atoms with Crippen LogP contribution in [0, 0.1) is 0 Å². The van der Waals surface area contributed by atoms with Gasteiger partial charge >= 0.3 is 5.97 Å². The van der Waals surface area contributed by atoms with Gasteiger partial charge in [0.15, 0.2) is 0 Å². The topological polar surface area (TPSA) is 92.9 Å². The third-order valence-corrected chi connectivity index (χ3v) is 1.66. The van der Waals surface area contributed by atoms with Crippen molar-refractivity contribution in [2.45, 2.75) is 13.0 Å². The highest BCUT2D eigenvalue weighted by molar-refractivity contribution is 5.77. The van der Waals surface area contributed by atoms with E-state index in [9.17, 15) is 9.59 Å². The van der Waals surface area contributed by atoms with Crippen molar-refractivity contribution in [1.29, 1.82) is 0 Å². The van der Waals surface area contributed by atoms with E-state index in [4.69, 9.17) is 15.6 Å². The molecule has 0 aliphatic heterocycles. The Bertz CT molecular complexity index is 192. The summed E-state index contributed by atoms with van der Waals surface area (Å²) in [5.41, 5.74) is 4.97.